The van der Waals surface area contributed by atoms with Gasteiger partial charge in [-0.1, -0.05) is 66.2 Å². The van der Waals surface area contributed by atoms with Crippen molar-refractivity contribution in [2.24, 2.45) is 0 Å². The minimum absolute atomic E-state index is 0.0847. The Morgan fingerprint density at radius 3 is 2.18 bits per heavy atom. The Morgan fingerprint density at radius 1 is 0.857 bits per heavy atom. The molecule has 1 N–H and O–H groups in total. The topological polar surface area (TPSA) is 32.3 Å². The second-order valence-electron chi connectivity index (χ2n) is 7.90. The van der Waals surface area contributed by atoms with Gasteiger partial charge in [-0.2, -0.15) is 0 Å². The van der Waals surface area contributed by atoms with Gasteiger partial charge in [-0.3, -0.25) is 4.79 Å². The minimum Gasteiger partial charge on any atom is -0.377 e. The molecule has 0 fully saturated rings. The van der Waals surface area contributed by atoms with Crippen LogP contribution in [0.4, 0.5) is 5.69 Å². The monoisotopic (exact) mass is 370 g/mol. The summed E-state index contributed by atoms with van der Waals surface area (Å²) in [5.41, 5.74) is 6.34. The van der Waals surface area contributed by atoms with Crippen molar-refractivity contribution in [2.45, 2.75) is 25.4 Å². The summed E-state index contributed by atoms with van der Waals surface area (Å²) in [5, 5.41) is 3.64. The number of nitrogens with one attached hydrogen (secondary N) is 1. The molecule has 3 nitrogen and oxygen atoms in total. The van der Waals surface area contributed by atoms with Crippen LogP contribution < -0.4 is 5.32 Å². The van der Waals surface area contributed by atoms with Crippen molar-refractivity contribution in [2.75, 3.05) is 19.4 Å². The van der Waals surface area contributed by atoms with Crippen molar-refractivity contribution in [3.63, 3.8) is 0 Å². The van der Waals surface area contributed by atoms with Gasteiger partial charge < -0.3 is 10.2 Å². The highest BCUT2D eigenvalue weighted by atomic mass is 16.1. The lowest BCUT2D eigenvalue weighted by Gasteiger charge is -2.34. The molecule has 1 heterocycles. The minimum atomic E-state index is -0.241. The van der Waals surface area contributed by atoms with E-state index in [0.29, 0.717) is 0 Å². The molecular weight excluding hydrogens is 344 g/mol. The third kappa shape index (κ3) is 3.58. The summed E-state index contributed by atoms with van der Waals surface area (Å²) in [6.45, 7) is 2.97. The summed E-state index contributed by atoms with van der Waals surface area (Å²) in [4.78, 5) is 15.6. The SMILES string of the molecule is Cc1ccc(C2C(=O)c3ccccc3NC2c2ccc(CN(C)C)cc2)cc1. The molecule has 0 saturated heterocycles. The quantitative estimate of drug-likeness (QED) is 0.686. The second kappa shape index (κ2) is 7.61. The fourth-order valence-corrected chi connectivity index (χ4v) is 3.98. The van der Waals surface area contributed by atoms with Crippen LogP contribution in [-0.2, 0) is 6.54 Å². The molecule has 28 heavy (non-hydrogen) atoms. The van der Waals surface area contributed by atoms with E-state index in [2.05, 4.69) is 79.8 Å². The number of fused-ring (bicyclic) bond motifs is 1. The average Bonchev–Trinajstić information content (AvgIpc) is 2.69. The molecule has 0 aromatic heterocycles. The molecule has 4 rings (SSSR count). The second-order valence-corrected chi connectivity index (χ2v) is 7.90. The predicted octanol–water partition coefficient (Wildman–Crippen LogP) is 5.19. The fraction of sp³-hybridized carbons (Fsp3) is 0.240. The normalized spacial score (nSPS) is 18.6. The van der Waals surface area contributed by atoms with Gasteiger partial charge in [-0.15, -0.1) is 0 Å². The maximum Gasteiger partial charge on any atom is 0.174 e. The van der Waals surface area contributed by atoms with Crippen LogP contribution in [0.1, 0.15) is 44.6 Å². The summed E-state index contributed by atoms with van der Waals surface area (Å²) in [6, 6.07) is 24.7. The Kier molecular flexibility index (Phi) is 5.01. The third-order valence-corrected chi connectivity index (χ3v) is 5.39. The van der Waals surface area contributed by atoms with Crippen LogP contribution in [0, 0.1) is 6.92 Å². The molecule has 2 atom stereocenters. The fourth-order valence-electron chi connectivity index (χ4n) is 3.98. The van der Waals surface area contributed by atoms with E-state index in [1.807, 2.05) is 24.3 Å². The molecule has 0 aliphatic carbocycles. The number of aryl methyl sites for hydroxylation is 1. The molecule has 2 unspecified atom stereocenters. The maximum absolute atomic E-state index is 13.5. The molecule has 1 aliphatic heterocycles. The number of carbonyl (C=O) groups is 1. The zero-order valence-corrected chi connectivity index (χ0v) is 16.6. The van der Waals surface area contributed by atoms with Crippen molar-refractivity contribution < 1.29 is 4.79 Å². The first-order valence-corrected chi connectivity index (χ1v) is 9.73. The van der Waals surface area contributed by atoms with Gasteiger partial charge in [0, 0.05) is 17.8 Å². The molecule has 0 spiro atoms. The number of ketones is 1. The highest BCUT2D eigenvalue weighted by Crippen LogP contribution is 2.42. The van der Waals surface area contributed by atoms with E-state index < -0.39 is 0 Å². The first-order valence-electron chi connectivity index (χ1n) is 9.73. The van der Waals surface area contributed by atoms with Crippen LogP contribution in [0.15, 0.2) is 72.8 Å². The largest absolute Gasteiger partial charge is 0.377 e. The number of rotatable bonds is 4. The molecule has 0 amide bonds. The van der Waals surface area contributed by atoms with E-state index in [4.69, 9.17) is 0 Å². The average molecular weight is 370 g/mol. The Morgan fingerprint density at radius 2 is 1.50 bits per heavy atom. The highest BCUT2D eigenvalue weighted by molar-refractivity contribution is 6.07. The van der Waals surface area contributed by atoms with E-state index in [1.54, 1.807) is 0 Å². The summed E-state index contributed by atoms with van der Waals surface area (Å²) < 4.78 is 0. The molecule has 0 saturated carbocycles. The molecular formula is C25H26N2O. The molecule has 142 valence electrons. The number of hydrogen-bond donors (Lipinski definition) is 1. The van der Waals surface area contributed by atoms with Gasteiger partial charge >= 0.3 is 0 Å². The lowest BCUT2D eigenvalue weighted by molar-refractivity contribution is 0.0945. The van der Waals surface area contributed by atoms with Gasteiger partial charge in [-0.25, -0.2) is 0 Å². The van der Waals surface area contributed by atoms with Gasteiger partial charge in [0.05, 0.1) is 12.0 Å². The number of Topliss-reactive ketones (excluding diaryl/α,β-unsaturated/α-hetero) is 1. The molecule has 3 aromatic carbocycles. The van der Waals surface area contributed by atoms with E-state index >= 15 is 0 Å². The Labute approximate surface area is 167 Å². The number of anilines is 1. The van der Waals surface area contributed by atoms with Crippen molar-refractivity contribution in [1.29, 1.82) is 0 Å². The van der Waals surface area contributed by atoms with Crippen LogP contribution in [0.25, 0.3) is 0 Å². The first-order chi connectivity index (χ1) is 13.5. The summed E-state index contributed by atoms with van der Waals surface area (Å²) >= 11 is 0. The van der Waals surface area contributed by atoms with Crippen molar-refractivity contribution in [3.05, 3.63) is 101 Å². The number of hydrogen-bond acceptors (Lipinski definition) is 3. The summed E-state index contributed by atoms with van der Waals surface area (Å²) in [7, 11) is 4.14. The van der Waals surface area contributed by atoms with E-state index in [-0.39, 0.29) is 17.7 Å². The van der Waals surface area contributed by atoms with Gasteiger partial charge in [0.25, 0.3) is 0 Å². The van der Waals surface area contributed by atoms with Crippen molar-refractivity contribution in [3.8, 4) is 0 Å². The standard InChI is InChI=1S/C25H26N2O/c1-17-8-12-19(13-9-17)23-24(20-14-10-18(11-15-20)16-27(2)3)26-22-7-5-4-6-21(22)25(23)28/h4-15,23-24,26H,16H2,1-3H3. The van der Waals surface area contributed by atoms with Crippen LogP contribution in [-0.4, -0.2) is 24.8 Å². The van der Waals surface area contributed by atoms with Gasteiger partial charge in [0.2, 0.25) is 0 Å². The number of carbonyl (C=O) groups excluding carboxylic acids is 1. The summed E-state index contributed by atoms with van der Waals surface area (Å²) in [6.07, 6.45) is 0. The third-order valence-electron chi connectivity index (χ3n) is 5.39. The van der Waals surface area contributed by atoms with E-state index in [9.17, 15) is 4.79 Å². The van der Waals surface area contributed by atoms with Crippen LogP contribution in [0.3, 0.4) is 0 Å². The van der Waals surface area contributed by atoms with Gasteiger partial charge in [-0.05, 0) is 49.8 Å². The lowest BCUT2D eigenvalue weighted by Crippen LogP contribution is -2.31. The molecule has 3 aromatic rings. The predicted molar refractivity (Wildman–Crippen MR) is 115 cm³/mol. The van der Waals surface area contributed by atoms with Crippen LogP contribution in [0.2, 0.25) is 0 Å². The number of benzene rings is 3. The number of para-hydroxylation sites is 1. The molecule has 0 bridgehead atoms. The summed E-state index contributed by atoms with van der Waals surface area (Å²) in [5.74, 6) is -0.0595. The first kappa shape index (κ1) is 18.5. The number of nitrogens with zero attached hydrogens (tertiary/aromatic N) is 1. The van der Waals surface area contributed by atoms with Crippen molar-refractivity contribution in [1.82, 2.24) is 4.90 Å². The Hall–Kier alpha value is -2.91. The zero-order chi connectivity index (χ0) is 19.7. The highest BCUT2D eigenvalue weighted by Gasteiger charge is 2.37. The van der Waals surface area contributed by atoms with Gasteiger partial charge in [0.15, 0.2) is 5.78 Å². The van der Waals surface area contributed by atoms with Crippen LogP contribution in [0.5, 0.6) is 0 Å². The van der Waals surface area contributed by atoms with Gasteiger partial charge in [0.1, 0.15) is 0 Å². The zero-order valence-electron chi connectivity index (χ0n) is 16.6. The molecule has 0 radical (unpaired) electrons. The lowest BCUT2D eigenvalue weighted by atomic mass is 9.78. The molecule has 3 heteroatoms. The van der Waals surface area contributed by atoms with Crippen LogP contribution >= 0.6 is 0 Å². The smallest absolute Gasteiger partial charge is 0.174 e. The molecule has 1 aliphatic rings. The van der Waals surface area contributed by atoms with Crippen molar-refractivity contribution >= 4 is 11.5 Å². The van der Waals surface area contributed by atoms with E-state index in [1.165, 1.54) is 11.1 Å². The maximum atomic E-state index is 13.5. The van der Waals surface area contributed by atoms with E-state index in [0.717, 1.165) is 28.9 Å². The Bertz CT molecular complexity index is 974. The Balaban J connectivity index is 1.76.